The molecule has 0 aliphatic carbocycles. The molecule has 3 heterocycles. The van der Waals surface area contributed by atoms with Crippen LogP contribution in [-0.2, 0) is 0 Å². The molecule has 1 aliphatic rings. The van der Waals surface area contributed by atoms with E-state index in [0.717, 1.165) is 42.7 Å². The van der Waals surface area contributed by atoms with Gasteiger partial charge in [-0.05, 0) is 12.1 Å². The molecule has 1 saturated heterocycles. The van der Waals surface area contributed by atoms with E-state index in [1.54, 1.807) is 19.5 Å². The molecule has 27 heavy (non-hydrogen) atoms. The standard InChI is InChI=1S/C20H19N5O2/c1-26-17-12-22-20(23-13-17)27-16-6-8-25(9-7-16)19-15(11-21)10-14-4-2-3-5-18(14)24-19/h2-5,10,12-13,16H,6-9H2,1H3. The van der Waals surface area contributed by atoms with Gasteiger partial charge in [0.1, 0.15) is 18.0 Å². The Morgan fingerprint density at radius 3 is 2.59 bits per heavy atom. The molecule has 3 aromatic rings. The molecular formula is C20H19N5O2. The number of nitriles is 1. The van der Waals surface area contributed by atoms with Gasteiger partial charge in [0.2, 0.25) is 0 Å². The quantitative estimate of drug-likeness (QED) is 0.706. The summed E-state index contributed by atoms with van der Waals surface area (Å²) in [5.74, 6) is 1.35. The molecule has 2 aromatic heterocycles. The lowest BCUT2D eigenvalue weighted by atomic mass is 10.1. The summed E-state index contributed by atoms with van der Waals surface area (Å²) in [6, 6.07) is 12.4. The number of piperidine rings is 1. The highest BCUT2D eigenvalue weighted by Gasteiger charge is 2.24. The second-order valence-electron chi connectivity index (χ2n) is 6.37. The zero-order valence-electron chi connectivity index (χ0n) is 15.0. The fraction of sp³-hybridized carbons (Fsp3) is 0.300. The van der Waals surface area contributed by atoms with Crippen LogP contribution in [0.15, 0.2) is 42.7 Å². The zero-order valence-corrected chi connectivity index (χ0v) is 15.0. The predicted molar refractivity (Wildman–Crippen MR) is 101 cm³/mol. The highest BCUT2D eigenvalue weighted by molar-refractivity contribution is 5.83. The summed E-state index contributed by atoms with van der Waals surface area (Å²) in [7, 11) is 1.57. The third-order valence-corrected chi connectivity index (χ3v) is 4.68. The van der Waals surface area contributed by atoms with E-state index >= 15 is 0 Å². The van der Waals surface area contributed by atoms with Crippen molar-refractivity contribution < 1.29 is 9.47 Å². The number of fused-ring (bicyclic) bond motifs is 1. The Balaban J connectivity index is 1.45. The number of hydrogen-bond donors (Lipinski definition) is 0. The third-order valence-electron chi connectivity index (χ3n) is 4.68. The van der Waals surface area contributed by atoms with Crippen molar-refractivity contribution in [2.45, 2.75) is 18.9 Å². The Hall–Kier alpha value is -3.40. The van der Waals surface area contributed by atoms with Crippen molar-refractivity contribution in [2.75, 3.05) is 25.1 Å². The number of pyridine rings is 1. The molecule has 7 heteroatoms. The number of ether oxygens (including phenoxy) is 2. The van der Waals surface area contributed by atoms with Gasteiger partial charge in [-0.25, -0.2) is 4.98 Å². The number of methoxy groups -OCH3 is 1. The van der Waals surface area contributed by atoms with E-state index < -0.39 is 0 Å². The summed E-state index contributed by atoms with van der Waals surface area (Å²) < 4.78 is 10.9. The molecule has 0 atom stereocenters. The van der Waals surface area contributed by atoms with Crippen LogP contribution in [0.25, 0.3) is 10.9 Å². The molecular weight excluding hydrogens is 342 g/mol. The van der Waals surface area contributed by atoms with Crippen LogP contribution in [0.1, 0.15) is 18.4 Å². The van der Waals surface area contributed by atoms with Crippen LogP contribution in [0, 0.1) is 11.3 Å². The molecule has 0 bridgehead atoms. The van der Waals surface area contributed by atoms with E-state index in [2.05, 4.69) is 20.9 Å². The molecule has 1 aliphatic heterocycles. The first-order valence-corrected chi connectivity index (χ1v) is 8.84. The minimum absolute atomic E-state index is 0.0423. The molecule has 0 amide bonds. The highest BCUT2D eigenvalue weighted by Crippen LogP contribution is 2.26. The molecule has 4 rings (SSSR count). The van der Waals surface area contributed by atoms with Crippen molar-refractivity contribution in [1.82, 2.24) is 15.0 Å². The average Bonchev–Trinajstić information content (AvgIpc) is 2.74. The maximum atomic E-state index is 9.53. The minimum Gasteiger partial charge on any atom is -0.494 e. The van der Waals surface area contributed by atoms with Crippen LogP contribution in [0.5, 0.6) is 11.8 Å². The lowest BCUT2D eigenvalue weighted by molar-refractivity contribution is 0.156. The minimum atomic E-state index is 0.0423. The Morgan fingerprint density at radius 2 is 1.89 bits per heavy atom. The number of nitrogens with zero attached hydrogens (tertiary/aromatic N) is 5. The van der Waals surface area contributed by atoms with Gasteiger partial charge in [0.05, 0.1) is 30.6 Å². The molecule has 0 saturated carbocycles. The number of hydrogen-bond acceptors (Lipinski definition) is 7. The second kappa shape index (κ2) is 7.46. The molecule has 0 unspecified atom stereocenters. The molecule has 0 radical (unpaired) electrons. The molecule has 0 N–H and O–H groups in total. The maximum absolute atomic E-state index is 9.53. The van der Waals surface area contributed by atoms with Crippen LogP contribution >= 0.6 is 0 Å². The van der Waals surface area contributed by atoms with Gasteiger partial charge in [-0.3, -0.25) is 0 Å². The Kier molecular flexibility index (Phi) is 4.71. The fourth-order valence-corrected chi connectivity index (χ4v) is 3.23. The van der Waals surface area contributed by atoms with Crippen LogP contribution in [0.4, 0.5) is 5.82 Å². The smallest absolute Gasteiger partial charge is 0.316 e. The van der Waals surface area contributed by atoms with Crippen LogP contribution in [0.2, 0.25) is 0 Å². The monoisotopic (exact) mass is 361 g/mol. The molecule has 7 nitrogen and oxygen atoms in total. The van der Waals surface area contributed by atoms with Gasteiger partial charge in [0, 0.05) is 31.3 Å². The number of aromatic nitrogens is 3. The molecule has 1 aromatic carbocycles. The largest absolute Gasteiger partial charge is 0.494 e. The normalized spacial score (nSPS) is 14.7. The summed E-state index contributed by atoms with van der Waals surface area (Å²) in [5.41, 5.74) is 1.50. The Labute approximate surface area is 157 Å². The van der Waals surface area contributed by atoms with E-state index in [4.69, 9.17) is 14.5 Å². The van der Waals surface area contributed by atoms with Crippen molar-refractivity contribution in [2.24, 2.45) is 0 Å². The first kappa shape index (κ1) is 17.0. The molecule has 1 fully saturated rings. The van der Waals surface area contributed by atoms with Crippen molar-refractivity contribution >= 4 is 16.7 Å². The van der Waals surface area contributed by atoms with Gasteiger partial charge in [-0.15, -0.1) is 0 Å². The molecule has 136 valence electrons. The first-order chi connectivity index (χ1) is 13.3. The van der Waals surface area contributed by atoms with Gasteiger partial charge in [0.15, 0.2) is 5.75 Å². The van der Waals surface area contributed by atoms with E-state index in [9.17, 15) is 5.26 Å². The second-order valence-corrected chi connectivity index (χ2v) is 6.37. The van der Waals surface area contributed by atoms with Gasteiger partial charge in [-0.1, -0.05) is 18.2 Å². The topological polar surface area (TPSA) is 84.2 Å². The zero-order chi connectivity index (χ0) is 18.6. The van der Waals surface area contributed by atoms with Gasteiger partial charge >= 0.3 is 6.01 Å². The van der Waals surface area contributed by atoms with Crippen LogP contribution in [0.3, 0.4) is 0 Å². The van der Waals surface area contributed by atoms with Crippen molar-refractivity contribution in [3.8, 4) is 17.8 Å². The lowest BCUT2D eigenvalue weighted by Crippen LogP contribution is -2.39. The Bertz CT molecular complexity index is 976. The van der Waals surface area contributed by atoms with Crippen LogP contribution in [-0.4, -0.2) is 41.3 Å². The lowest BCUT2D eigenvalue weighted by Gasteiger charge is -2.33. The van der Waals surface area contributed by atoms with E-state index in [1.165, 1.54) is 0 Å². The SMILES string of the molecule is COc1cnc(OC2CCN(c3nc4ccccc4cc3C#N)CC2)nc1. The summed E-state index contributed by atoms with van der Waals surface area (Å²) in [5, 5.41) is 10.5. The van der Waals surface area contributed by atoms with Gasteiger partial charge in [0.25, 0.3) is 0 Å². The van der Waals surface area contributed by atoms with E-state index in [0.29, 0.717) is 17.3 Å². The summed E-state index contributed by atoms with van der Waals surface area (Å²) in [4.78, 5) is 15.2. The van der Waals surface area contributed by atoms with Crippen molar-refractivity contribution in [3.63, 3.8) is 0 Å². The maximum Gasteiger partial charge on any atom is 0.316 e. The Morgan fingerprint density at radius 1 is 1.15 bits per heavy atom. The average molecular weight is 361 g/mol. The summed E-state index contributed by atoms with van der Waals surface area (Å²) in [6.45, 7) is 1.53. The predicted octanol–water partition coefficient (Wildman–Crippen LogP) is 2.95. The van der Waals surface area contributed by atoms with Gasteiger partial charge < -0.3 is 14.4 Å². The number of rotatable bonds is 4. The highest BCUT2D eigenvalue weighted by atomic mass is 16.5. The van der Waals surface area contributed by atoms with E-state index in [-0.39, 0.29) is 6.10 Å². The number of para-hydroxylation sites is 1. The first-order valence-electron chi connectivity index (χ1n) is 8.84. The van der Waals surface area contributed by atoms with E-state index in [1.807, 2.05) is 30.3 Å². The number of anilines is 1. The van der Waals surface area contributed by atoms with Crippen molar-refractivity contribution in [3.05, 3.63) is 48.3 Å². The van der Waals surface area contributed by atoms with Crippen molar-refractivity contribution in [1.29, 1.82) is 5.26 Å². The van der Waals surface area contributed by atoms with Crippen LogP contribution < -0.4 is 14.4 Å². The summed E-state index contributed by atoms with van der Waals surface area (Å²) in [6.07, 6.45) is 4.86. The third kappa shape index (κ3) is 3.60. The molecule has 0 spiro atoms. The number of benzene rings is 1. The van der Waals surface area contributed by atoms with Gasteiger partial charge in [-0.2, -0.15) is 15.2 Å². The summed E-state index contributed by atoms with van der Waals surface area (Å²) >= 11 is 0. The fourth-order valence-electron chi connectivity index (χ4n) is 3.23.